The highest BCUT2D eigenvalue weighted by molar-refractivity contribution is 5.76. The Morgan fingerprint density at radius 1 is 1.12 bits per heavy atom. The number of carbonyl (C=O) groups excluding carboxylic acids is 1. The number of amides is 1. The van der Waals surface area contributed by atoms with E-state index in [4.69, 9.17) is 0 Å². The third-order valence-electron chi connectivity index (χ3n) is 6.38. The summed E-state index contributed by atoms with van der Waals surface area (Å²) in [5, 5.41) is 14.2. The monoisotopic (exact) mass is 331 g/mol. The Kier molecular flexibility index (Phi) is 4.19. The van der Waals surface area contributed by atoms with Crippen molar-refractivity contribution in [3.63, 3.8) is 0 Å². The topological polar surface area (TPSA) is 68.4 Å². The largest absolute Gasteiger partial charge is 0.494 e. The van der Waals surface area contributed by atoms with E-state index in [0.29, 0.717) is 12.0 Å². The molecule has 24 heavy (non-hydrogen) atoms. The molecule has 0 saturated heterocycles. The van der Waals surface area contributed by atoms with Crippen molar-refractivity contribution < 1.29 is 9.90 Å². The number of hydrogen-bond acceptors (Lipinski definition) is 3. The standard InChI is InChI=1S/C19H29N3O2/c1-12(23)22-16-10-6-5-9-14(16)21-15-11-20-19(24)17(15)18(22)13-7-3-2-4-8-13/h11,13-14,16,18,20-21,24H,2-10H2,1H3/t14-,16-,18-/m1/s1. The highest BCUT2D eigenvalue weighted by atomic mass is 16.3. The molecule has 5 heteroatoms. The molecule has 0 bridgehead atoms. The van der Waals surface area contributed by atoms with E-state index >= 15 is 0 Å². The van der Waals surface area contributed by atoms with Crippen molar-refractivity contribution in [1.82, 2.24) is 9.88 Å². The number of aromatic hydroxyl groups is 1. The molecule has 1 aromatic rings. The van der Waals surface area contributed by atoms with Crippen LogP contribution in [0, 0.1) is 5.92 Å². The van der Waals surface area contributed by atoms with Crippen LogP contribution in [0.15, 0.2) is 6.20 Å². The van der Waals surface area contributed by atoms with Crippen LogP contribution in [-0.4, -0.2) is 33.0 Å². The molecule has 132 valence electrons. The van der Waals surface area contributed by atoms with Crippen LogP contribution in [0.1, 0.15) is 76.3 Å². The normalized spacial score (nSPS) is 30.9. The Morgan fingerprint density at radius 3 is 2.58 bits per heavy atom. The minimum absolute atomic E-state index is 0.00431. The Bertz CT molecular complexity index is 606. The molecule has 3 aliphatic rings. The average Bonchev–Trinajstić information content (AvgIpc) is 2.87. The summed E-state index contributed by atoms with van der Waals surface area (Å²) in [6.45, 7) is 1.70. The van der Waals surface area contributed by atoms with Crippen LogP contribution in [0.4, 0.5) is 5.69 Å². The van der Waals surface area contributed by atoms with E-state index in [-0.39, 0.29) is 23.9 Å². The first-order valence-corrected chi connectivity index (χ1v) is 9.62. The van der Waals surface area contributed by atoms with Gasteiger partial charge in [-0.3, -0.25) is 4.79 Å². The lowest BCUT2D eigenvalue weighted by molar-refractivity contribution is -0.137. The SMILES string of the molecule is CC(=O)N1[C@@H]2CCCC[C@H]2Nc2c[nH]c(O)c2[C@H]1C1CCCCC1. The minimum Gasteiger partial charge on any atom is -0.494 e. The second-order valence-corrected chi connectivity index (χ2v) is 7.84. The first-order chi connectivity index (χ1) is 11.7. The van der Waals surface area contributed by atoms with Crippen LogP contribution in [0.25, 0.3) is 0 Å². The van der Waals surface area contributed by atoms with Crippen LogP contribution in [0.2, 0.25) is 0 Å². The number of hydrogen-bond donors (Lipinski definition) is 3. The summed E-state index contributed by atoms with van der Waals surface area (Å²) < 4.78 is 0. The smallest absolute Gasteiger partial charge is 0.220 e. The quantitative estimate of drug-likeness (QED) is 0.730. The molecule has 3 atom stereocenters. The first-order valence-electron chi connectivity index (χ1n) is 9.62. The van der Waals surface area contributed by atoms with Gasteiger partial charge in [-0.1, -0.05) is 32.1 Å². The minimum atomic E-state index is 0.00431. The van der Waals surface area contributed by atoms with E-state index in [9.17, 15) is 9.90 Å². The van der Waals surface area contributed by atoms with Gasteiger partial charge in [0.1, 0.15) is 0 Å². The lowest BCUT2D eigenvalue weighted by Gasteiger charge is -2.44. The molecule has 1 amide bonds. The second-order valence-electron chi connectivity index (χ2n) is 7.84. The average molecular weight is 331 g/mol. The fourth-order valence-corrected chi connectivity index (χ4v) is 5.34. The Balaban J connectivity index is 1.81. The van der Waals surface area contributed by atoms with Crippen LogP contribution in [-0.2, 0) is 4.79 Å². The van der Waals surface area contributed by atoms with Crippen molar-refractivity contribution >= 4 is 11.6 Å². The number of aromatic amines is 1. The second kappa shape index (κ2) is 6.34. The van der Waals surface area contributed by atoms with Gasteiger partial charge in [0.25, 0.3) is 0 Å². The van der Waals surface area contributed by atoms with Crippen molar-refractivity contribution in [2.45, 2.75) is 82.8 Å². The van der Waals surface area contributed by atoms with Gasteiger partial charge in [-0.15, -0.1) is 0 Å². The highest BCUT2D eigenvalue weighted by Crippen LogP contribution is 2.48. The zero-order valence-electron chi connectivity index (χ0n) is 14.6. The molecule has 2 fully saturated rings. The van der Waals surface area contributed by atoms with Gasteiger partial charge in [0.2, 0.25) is 5.91 Å². The number of nitrogens with zero attached hydrogens (tertiary/aromatic N) is 1. The third kappa shape index (κ3) is 2.58. The van der Waals surface area contributed by atoms with Gasteiger partial charge in [0.05, 0.1) is 23.3 Å². The van der Waals surface area contributed by atoms with E-state index in [1.807, 2.05) is 6.20 Å². The number of H-pyrrole nitrogens is 1. The Labute approximate surface area is 143 Å². The molecular weight excluding hydrogens is 302 g/mol. The molecular formula is C19H29N3O2. The predicted octanol–water partition coefficient (Wildman–Crippen LogP) is 3.93. The highest BCUT2D eigenvalue weighted by Gasteiger charge is 2.44. The zero-order valence-corrected chi connectivity index (χ0v) is 14.6. The number of carbonyl (C=O) groups is 1. The van der Waals surface area contributed by atoms with E-state index in [1.165, 1.54) is 32.1 Å². The maximum Gasteiger partial charge on any atom is 0.220 e. The third-order valence-corrected chi connectivity index (χ3v) is 6.38. The fourth-order valence-electron chi connectivity index (χ4n) is 5.34. The lowest BCUT2D eigenvalue weighted by atomic mass is 9.79. The van der Waals surface area contributed by atoms with Gasteiger partial charge in [0, 0.05) is 19.2 Å². The molecule has 1 aromatic heterocycles. The molecule has 1 aliphatic heterocycles. The maximum atomic E-state index is 12.7. The van der Waals surface area contributed by atoms with Crippen LogP contribution in [0.3, 0.4) is 0 Å². The van der Waals surface area contributed by atoms with Gasteiger partial charge in [-0.2, -0.15) is 0 Å². The summed E-state index contributed by atoms with van der Waals surface area (Å²) in [6.07, 6.45) is 12.5. The molecule has 0 unspecified atom stereocenters. The zero-order chi connectivity index (χ0) is 16.7. The van der Waals surface area contributed by atoms with Crippen molar-refractivity contribution in [1.29, 1.82) is 0 Å². The van der Waals surface area contributed by atoms with Crippen molar-refractivity contribution in [2.24, 2.45) is 5.92 Å². The number of aromatic nitrogens is 1. The predicted molar refractivity (Wildman–Crippen MR) is 94.0 cm³/mol. The van der Waals surface area contributed by atoms with E-state index in [1.54, 1.807) is 6.92 Å². The summed E-state index contributed by atoms with van der Waals surface area (Å²) in [6, 6.07) is 0.546. The van der Waals surface area contributed by atoms with Crippen LogP contribution < -0.4 is 5.32 Å². The Morgan fingerprint density at radius 2 is 1.83 bits per heavy atom. The Hall–Kier alpha value is -1.65. The molecule has 5 nitrogen and oxygen atoms in total. The van der Waals surface area contributed by atoms with Gasteiger partial charge in [-0.25, -0.2) is 0 Å². The van der Waals surface area contributed by atoms with Crippen molar-refractivity contribution in [3.8, 4) is 5.88 Å². The summed E-state index contributed by atoms with van der Waals surface area (Å²) in [4.78, 5) is 17.8. The fraction of sp³-hybridized carbons (Fsp3) is 0.737. The number of nitrogens with one attached hydrogen (secondary N) is 2. The number of rotatable bonds is 1. The summed E-state index contributed by atoms with van der Waals surface area (Å²) in [7, 11) is 0. The molecule has 2 heterocycles. The van der Waals surface area contributed by atoms with Gasteiger partial charge in [-0.05, 0) is 31.6 Å². The molecule has 0 aromatic carbocycles. The summed E-state index contributed by atoms with van der Waals surface area (Å²) in [5.74, 6) is 0.835. The van der Waals surface area contributed by atoms with Crippen molar-refractivity contribution in [3.05, 3.63) is 11.8 Å². The first kappa shape index (κ1) is 15.9. The van der Waals surface area contributed by atoms with E-state index in [2.05, 4.69) is 15.2 Å². The lowest BCUT2D eigenvalue weighted by Crippen LogP contribution is -2.51. The number of anilines is 1. The molecule has 2 aliphatic carbocycles. The summed E-state index contributed by atoms with van der Waals surface area (Å²) >= 11 is 0. The molecule has 4 rings (SSSR count). The van der Waals surface area contributed by atoms with E-state index < -0.39 is 0 Å². The summed E-state index contributed by atoms with van der Waals surface area (Å²) in [5.41, 5.74) is 1.93. The van der Waals surface area contributed by atoms with Gasteiger partial charge >= 0.3 is 0 Å². The van der Waals surface area contributed by atoms with Crippen LogP contribution in [0.5, 0.6) is 5.88 Å². The molecule has 0 spiro atoms. The molecule has 2 saturated carbocycles. The number of fused-ring (bicyclic) bond motifs is 2. The molecule has 0 radical (unpaired) electrons. The van der Waals surface area contributed by atoms with Gasteiger partial charge < -0.3 is 20.3 Å². The molecule has 3 N–H and O–H groups in total. The van der Waals surface area contributed by atoms with Crippen LogP contribution >= 0.6 is 0 Å². The maximum absolute atomic E-state index is 12.7. The van der Waals surface area contributed by atoms with E-state index in [0.717, 1.165) is 36.9 Å². The van der Waals surface area contributed by atoms with Gasteiger partial charge in [0.15, 0.2) is 5.88 Å². The van der Waals surface area contributed by atoms with Crippen molar-refractivity contribution in [2.75, 3.05) is 5.32 Å².